The Morgan fingerprint density at radius 2 is 2.38 bits per heavy atom. The van der Waals surface area contributed by atoms with E-state index in [1.807, 2.05) is 6.92 Å². The number of hydrogen-bond donors (Lipinski definition) is 1. The molecule has 13 heavy (non-hydrogen) atoms. The molecule has 0 spiro atoms. The van der Waals surface area contributed by atoms with Gasteiger partial charge in [-0.3, -0.25) is 10.1 Å². The van der Waals surface area contributed by atoms with Crippen molar-refractivity contribution in [1.82, 2.24) is 10.2 Å². The van der Waals surface area contributed by atoms with Crippen LogP contribution in [-0.4, -0.2) is 29.4 Å². The lowest BCUT2D eigenvalue weighted by Crippen LogP contribution is -2.52. The molecule has 1 aliphatic rings. The molecule has 1 aliphatic heterocycles. The van der Waals surface area contributed by atoms with E-state index in [2.05, 4.69) is 11.2 Å². The van der Waals surface area contributed by atoms with E-state index >= 15 is 0 Å². The molecule has 70 valence electrons. The van der Waals surface area contributed by atoms with Gasteiger partial charge in [0.15, 0.2) is 0 Å². The quantitative estimate of drug-likeness (QED) is 0.623. The SMILES string of the molecule is C#CCC(C)N1CCC(=O)NC1=O. The molecule has 4 heteroatoms. The summed E-state index contributed by atoms with van der Waals surface area (Å²) in [5, 5.41) is 2.25. The first-order valence-electron chi connectivity index (χ1n) is 4.19. The Kier molecular flexibility index (Phi) is 2.91. The molecule has 0 aromatic carbocycles. The predicted octanol–water partition coefficient (Wildman–Crippen LogP) is 0.340. The van der Waals surface area contributed by atoms with E-state index in [4.69, 9.17) is 6.42 Å². The number of imide groups is 1. The number of nitrogens with one attached hydrogen (secondary N) is 1. The first kappa shape index (κ1) is 9.59. The number of carbonyl (C=O) groups excluding carboxylic acids is 2. The van der Waals surface area contributed by atoms with Gasteiger partial charge in [0, 0.05) is 25.4 Å². The highest BCUT2D eigenvalue weighted by atomic mass is 16.2. The standard InChI is InChI=1S/C9H12N2O2/c1-3-4-7(2)11-6-5-8(12)10-9(11)13/h1,7H,4-6H2,2H3,(H,10,12,13). The third-order valence-electron chi connectivity index (χ3n) is 2.03. The molecule has 1 N–H and O–H groups in total. The van der Waals surface area contributed by atoms with Gasteiger partial charge in [-0.15, -0.1) is 12.3 Å². The maximum absolute atomic E-state index is 11.2. The van der Waals surface area contributed by atoms with Gasteiger partial charge >= 0.3 is 6.03 Å². The average molecular weight is 180 g/mol. The number of urea groups is 1. The topological polar surface area (TPSA) is 49.4 Å². The second-order valence-electron chi connectivity index (χ2n) is 3.05. The molecule has 1 fully saturated rings. The van der Waals surface area contributed by atoms with Crippen molar-refractivity contribution in [3.63, 3.8) is 0 Å². The predicted molar refractivity (Wildman–Crippen MR) is 47.8 cm³/mol. The molecule has 0 saturated carbocycles. The van der Waals surface area contributed by atoms with Gasteiger partial charge in [0.1, 0.15) is 0 Å². The van der Waals surface area contributed by atoms with Crippen molar-refractivity contribution >= 4 is 11.9 Å². The summed E-state index contributed by atoms with van der Waals surface area (Å²) in [4.78, 5) is 23.6. The van der Waals surface area contributed by atoms with Crippen LogP contribution in [0.5, 0.6) is 0 Å². The third kappa shape index (κ3) is 2.22. The molecule has 0 bridgehead atoms. The Balaban J connectivity index is 2.56. The zero-order chi connectivity index (χ0) is 9.84. The molecule has 1 heterocycles. The summed E-state index contributed by atoms with van der Waals surface area (Å²) < 4.78 is 0. The highest BCUT2D eigenvalue weighted by molar-refractivity contribution is 5.96. The number of carbonyl (C=O) groups is 2. The zero-order valence-corrected chi connectivity index (χ0v) is 7.54. The molecule has 0 aromatic heterocycles. The van der Waals surface area contributed by atoms with Gasteiger partial charge in [-0.2, -0.15) is 0 Å². The summed E-state index contributed by atoms with van der Waals surface area (Å²) in [6, 6.07) is -0.336. The van der Waals surface area contributed by atoms with Gasteiger partial charge in [0.2, 0.25) is 5.91 Å². The van der Waals surface area contributed by atoms with Gasteiger partial charge in [0.05, 0.1) is 0 Å². The van der Waals surface area contributed by atoms with Crippen molar-refractivity contribution in [2.45, 2.75) is 25.8 Å². The summed E-state index contributed by atoms with van der Waals surface area (Å²) in [7, 11) is 0. The van der Waals surface area contributed by atoms with E-state index in [1.54, 1.807) is 4.90 Å². The summed E-state index contributed by atoms with van der Waals surface area (Å²) in [6.07, 6.45) is 6.01. The van der Waals surface area contributed by atoms with Crippen LogP contribution in [0.15, 0.2) is 0 Å². The van der Waals surface area contributed by atoms with E-state index in [0.717, 1.165) is 0 Å². The Bertz CT molecular complexity index is 267. The summed E-state index contributed by atoms with van der Waals surface area (Å²) >= 11 is 0. The summed E-state index contributed by atoms with van der Waals surface area (Å²) in [6.45, 7) is 2.34. The monoisotopic (exact) mass is 180 g/mol. The molecule has 1 rings (SSSR count). The molecule has 0 aliphatic carbocycles. The minimum absolute atomic E-state index is 0.00176. The van der Waals surface area contributed by atoms with Crippen molar-refractivity contribution in [1.29, 1.82) is 0 Å². The van der Waals surface area contributed by atoms with E-state index in [0.29, 0.717) is 19.4 Å². The minimum Gasteiger partial charge on any atom is -0.320 e. The van der Waals surface area contributed by atoms with Crippen molar-refractivity contribution in [3.05, 3.63) is 0 Å². The van der Waals surface area contributed by atoms with E-state index in [1.165, 1.54) is 0 Å². The fourth-order valence-corrected chi connectivity index (χ4v) is 1.28. The zero-order valence-electron chi connectivity index (χ0n) is 7.54. The van der Waals surface area contributed by atoms with Crippen LogP contribution in [0.1, 0.15) is 19.8 Å². The van der Waals surface area contributed by atoms with Gasteiger partial charge in [-0.05, 0) is 6.92 Å². The van der Waals surface area contributed by atoms with Crippen molar-refractivity contribution < 1.29 is 9.59 Å². The Morgan fingerprint density at radius 3 is 2.92 bits per heavy atom. The van der Waals surface area contributed by atoms with Gasteiger partial charge < -0.3 is 4.90 Å². The van der Waals surface area contributed by atoms with Gasteiger partial charge in [-0.25, -0.2) is 4.79 Å². The van der Waals surface area contributed by atoms with E-state index < -0.39 is 0 Å². The first-order valence-corrected chi connectivity index (χ1v) is 4.19. The molecular formula is C9H12N2O2. The minimum atomic E-state index is -0.334. The highest BCUT2D eigenvalue weighted by Gasteiger charge is 2.26. The molecule has 3 amide bonds. The van der Waals surface area contributed by atoms with Crippen LogP contribution >= 0.6 is 0 Å². The number of terminal acetylenes is 1. The second-order valence-corrected chi connectivity index (χ2v) is 3.05. The smallest absolute Gasteiger partial charge is 0.320 e. The lowest BCUT2D eigenvalue weighted by molar-refractivity contribution is -0.121. The molecule has 1 saturated heterocycles. The normalized spacial score (nSPS) is 19.2. The van der Waals surface area contributed by atoms with Crippen molar-refractivity contribution in [3.8, 4) is 12.3 Å². The lowest BCUT2D eigenvalue weighted by Gasteiger charge is -2.31. The number of amides is 3. The van der Waals surface area contributed by atoms with E-state index in [-0.39, 0.29) is 18.0 Å². The molecule has 0 aromatic rings. The Labute approximate surface area is 77.3 Å². The van der Waals surface area contributed by atoms with Crippen molar-refractivity contribution in [2.75, 3.05) is 6.54 Å². The number of hydrogen-bond acceptors (Lipinski definition) is 2. The average Bonchev–Trinajstić information content (AvgIpc) is 2.04. The third-order valence-corrected chi connectivity index (χ3v) is 2.03. The van der Waals surface area contributed by atoms with Crippen LogP contribution < -0.4 is 5.32 Å². The molecule has 1 atom stereocenters. The second kappa shape index (κ2) is 3.94. The van der Waals surface area contributed by atoms with Crippen LogP contribution in [0.3, 0.4) is 0 Å². The first-order chi connectivity index (χ1) is 6.15. The van der Waals surface area contributed by atoms with Crippen LogP contribution in [-0.2, 0) is 4.79 Å². The number of nitrogens with zero attached hydrogens (tertiary/aromatic N) is 1. The lowest BCUT2D eigenvalue weighted by atomic mass is 10.2. The fourth-order valence-electron chi connectivity index (χ4n) is 1.28. The summed E-state index contributed by atoms with van der Waals surface area (Å²) in [5.41, 5.74) is 0. The van der Waals surface area contributed by atoms with Crippen LogP contribution in [0, 0.1) is 12.3 Å². The van der Waals surface area contributed by atoms with E-state index in [9.17, 15) is 9.59 Å². The molecular weight excluding hydrogens is 168 g/mol. The molecule has 0 radical (unpaired) electrons. The van der Waals surface area contributed by atoms with Crippen LogP contribution in [0.2, 0.25) is 0 Å². The maximum atomic E-state index is 11.2. The molecule has 1 unspecified atom stereocenters. The van der Waals surface area contributed by atoms with Crippen LogP contribution in [0.4, 0.5) is 4.79 Å². The Morgan fingerprint density at radius 1 is 1.69 bits per heavy atom. The highest BCUT2D eigenvalue weighted by Crippen LogP contribution is 2.08. The van der Waals surface area contributed by atoms with Gasteiger partial charge in [0.25, 0.3) is 0 Å². The largest absolute Gasteiger partial charge is 0.324 e. The Hall–Kier alpha value is -1.50. The number of rotatable bonds is 2. The molecule has 4 nitrogen and oxygen atoms in total. The fraction of sp³-hybridized carbons (Fsp3) is 0.556. The van der Waals surface area contributed by atoms with Crippen molar-refractivity contribution in [2.24, 2.45) is 0 Å². The van der Waals surface area contributed by atoms with Crippen LogP contribution in [0.25, 0.3) is 0 Å². The maximum Gasteiger partial charge on any atom is 0.324 e. The van der Waals surface area contributed by atoms with Gasteiger partial charge in [-0.1, -0.05) is 0 Å². The summed E-state index contributed by atoms with van der Waals surface area (Å²) in [5.74, 6) is 2.28.